The maximum atomic E-state index is 14.0. The summed E-state index contributed by atoms with van der Waals surface area (Å²) in [5.41, 5.74) is 2.70. The fourth-order valence-corrected chi connectivity index (χ4v) is 2.93. The Kier molecular flexibility index (Phi) is 8.11. The van der Waals surface area contributed by atoms with Gasteiger partial charge in [0.05, 0.1) is 6.04 Å². The molecule has 1 aromatic heterocycles. The van der Waals surface area contributed by atoms with E-state index in [2.05, 4.69) is 27.2 Å². The number of aliphatic hydroxyl groups is 1. The Bertz CT molecular complexity index is 850. The van der Waals surface area contributed by atoms with E-state index in [1.165, 1.54) is 6.92 Å². The number of pyridine rings is 1. The van der Waals surface area contributed by atoms with Crippen LogP contribution in [-0.2, 0) is 6.54 Å². The molecule has 2 atom stereocenters. The van der Waals surface area contributed by atoms with E-state index >= 15 is 0 Å². The van der Waals surface area contributed by atoms with Crippen LogP contribution in [0.15, 0.2) is 53.6 Å². The number of aliphatic hydroxyl groups excluding tert-OH is 1. The zero-order valence-electron chi connectivity index (χ0n) is 17.9. The molecule has 0 fully saturated rings. The number of halogens is 2. The number of hydrogen-bond donors (Lipinski definition) is 3. The van der Waals surface area contributed by atoms with Crippen LogP contribution in [0.1, 0.15) is 31.4 Å². The summed E-state index contributed by atoms with van der Waals surface area (Å²) in [7, 11) is 1.81. The Morgan fingerprint density at radius 3 is 2.80 bits per heavy atom. The molecule has 3 N–H and O–H groups in total. The van der Waals surface area contributed by atoms with Gasteiger partial charge in [0.2, 0.25) is 5.88 Å². The molecule has 2 heterocycles. The van der Waals surface area contributed by atoms with Gasteiger partial charge in [0.25, 0.3) is 5.92 Å². The van der Waals surface area contributed by atoms with Gasteiger partial charge in [0, 0.05) is 42.2 Å². The third-order valence-corrected chi connectivity index (χ3v) is 5.06. The van der Waals surface area contributed by atoms with Crippen LogP contribution in [0.3, 0.4) is 0 Å². The predicted octanol–water partition coefficient (Wildman–Crippen LogP) is 4.05. The monoisotopic (exact) mass is 420 g/mol. The van der Waals surface area contributed by atoms with E-state index in [0.717, 1.165) is 11.1 Å². The molecule has 8 heteroatoms. The molecule has 1 aliphatic rings. The first-order chi connectivity index (χ1) is 14.2. The van der Waals surface area contributed by atoms with Crippen molar-refractivity contribution in [3.63, 3.8) is 0 Å². The smallest absolute Gasteiger partial charge is 0.283 e. The van der Waals surface area contributed by atoms with Gasteiger partial charge >= 0.3 is 0 Å². The second-order valence-corrected chi connectivity index (χ2v) is 7.34. The molecule has 0 aliphatic carbocycles. The number of rotatable bonds is 10. The Balaban J connectivity index is 2.02. The number of aliphatic imine (C=N–C) groups is 1. The Morgan fingerprint density at radius 2 is 2.20 bits per heavy atom. The number of nitrogens with one attached hydrogen (secondary N) is 2. The zero-order valence-corrected chi connectivity index (χ0v) is 17.9. The van der Waals surface area contributed by atoms with Crippen molar-refractivity contribution in [2.45, 2.75) is 45.7 Å². The van der Waals surface area contributed by atoms with Gasteiger partial charge < -0.3 is 20.5 Å². The first kappa shape index (κ1) is 23.5. The standard InChI is InChI=1S/C22H30F2N4O2/c1-6-15(3)22(23,24)13-30-21-14(2)9-17(11-28-21)10-26-12-18-19(25-5)7-8-27-20(18)16(4)29/h7-9,11-12,15,19,25-26,29H,4,6,10,13H2,1-3,5H3/b18-12+. The lowest BCUT2D eigenvalue weighted by Gasteiger charge is -2.22. The van der Waals surface area contributed by atoms with Crippen molar-refractivity contribution in [3.8, 4) is 5.88 Å². The highest BCUT2D eigenvalue weighted by Crippen LogP contribution is 2.28. The third kappa shape index (κ3) is 5.89. The second kappa shape index (κ2) is 10.3. The van der Waals surface area contributed by atoms with E-state index in [4.69, 9.17) is 4.74 Å². The predicted molar refractivity (Wildman–Crippen MR) is 115 cm³/mol. The van der Waals surface area contributed by atoms with Crippen LogP contribution in [0.4, 0.5) is 8.78 Å². The highest BCUT2D eigenvalue weighted by atomic mass is 19.3. The van der Waals surface area contributed by atoms with E-state index in [1.54, 1.807) is 32.4 Å². The van der Waals surface area contributed by atoms with E-state index in [-0.39, 0.29) is 17.7 Å². The van der Waals surface area contributed by atoms with Crippen molar-refractivity contribution in [1.29, 1.82) is 0 Å². The van der Waals surface area contributed by atoms with Gasteiger partial charge in [-0.1, -0.05) is 20.4 Å². The van der Waals surface area contributed by atoms with Gasteiger partial charge in [0.1, 0.15) is 11.5 Å². The molecule has 0 aromatic carbocycles. The van der Waals surface area contributed by atoms with Crippen LogP contribution in [0, 0.1) is 12.8 Å². The molecule has 1 aliphatic heterocycles. The van der Waals surface area contributed by atoms with Crippen LogP contribution < -0.4 is 15.4 Å². The molecule has 2 unspecified atom stereocenters. The lowest BCUT2D eigenvalue weighted by Crippen LogP contribution is -2.33. The summed E-state index contributed by atoms with van der Waals surface area (Å²) in [6.45, 7) is 8.33. The molecular formula is C22H30F2N4O2. The summed E-state index contributed by atoms with van der Waals surface area (Å²) in [6, 6.07) is 1.72. The van der Waals surface area contributed by atoms with E-state index in [1.807, 2.05) is 19.2 Å². The minimum atomic E-state index is -2.90. The Hall–Kier alpha value is -2.74. The summed E-state index contributed by atoms with van der Waals surface area (Å²) in [5.74, 6) is -3.56. The van der Waals surface area contributed by atoms with Crippen molar-refractivity contribution in [3.05, 3.63) is 59.8 Å². The number of allylic oxidation sites excluding steroid dienone is 1. The summed E-state index contributed by atoms with van der Waals surface area (Å²) in [4.78, 5) is 8.36. The van der Waals surface area contributed by atoms with Gasteiger partial charge in [-0.15, -0.1) is 0 Å². The normalized spacial score (nSPS) is 18.8. The highest BCUT2D eigenvalue weighted by molar-refractivity contribution is 6.12. The zero-order chi connectivity index (χ0) is 22.3. The SMILES string of the molecule is C=C(O)C1=NC=CC(NC)/C1=C\NCc1cnc(OCC(F)(F)C(C)CC)c(C)c1. The van der Waals surface area contributed by atoms with Gasteiger partial charge in [-0.05, 0) is 38.1 Å². The summed E-state index contributed by atoms with van der Waals surface area (Å²) < 4.78 is 33.3. The minimum absolute atomic E-state index is 0.110. The number of alkyl halides is 2. The quantitative estimate of drug-likeness (QED) is 0.498. The van der Waals surface area contributed by atoms with Gasteiger partial charge in [-0.3, -0.25) is 4.99 Å². The lowest BCUT2D eigenvalue weighted by molar-refractivity contribution is -0.0863. The van der Waals surface area contributed by atoms with Gasteiger partial charge in [-0.25, -0.2) is 13.8 Å². The van der Waals surface area contributed by atoms with E-state index in [0.29, 0.717) is 24.2 Å². The molecule has 1 aromatic rings. The van der Waals surface area contributed by atoms with Crippen molar-refractivity contribution in [2.75, 3.05) is 13.7 Å². The van der Waals surface area contributed by atoms with E-state index in [9.17, 15) is 13.9 Å². The minimum Gasteiger partial charge on any atom is -0.506 e. The molecule has 0 amide bonds. The first-order valence-electron chi connectivity index (χ1n) is 9.89. The van der Waals surface area contributed by atoms with Crippen molar-refractivity contribution >= 4 is 5.71 Å². The number of aryl methyl sites for hydroxylation is 1. The molecule has 2 rings (SSSR count). The van der Waals surface area contributed by atoms with E-state index < -0.39 is 18.4 Å². The topological polar surface area (TPSA) is 78.8 Å². The van der Waals surface area contributed by atoms with Crippen LogP contribution in [0.5, 0.6) is 5.88 Å². The molecular weight excluding hydrogens is 390 g/mol. The van der Waals surface area contributed by atoms with Crippen molar-refractivity contribution in [1.82, 2.24) is 15.6 Å². The summed E-state index contributed by atoms with van der Waals surface area (Å²) in [5, 5.41) is 16.1. The summed E-state index contributed by atoms with van der Waals surface area (Å²) in [6.07, 6.45) is 7.21. The lowest BCUT2D eigenvalue weighted by atomic mass is 9.99. The average molecular weight is 421 g/mol. The van der Waals surface area contributed by atoms with Crippen LogP contribution >= 0.6 is 0 Å². The third-order valence-electron chi connectivity index (χ3n) is 5.06. The number of ether oxygens (including phenoxy) is 1. The maximum Gasteiger partial charge on any atom is 0.283 e. The van der Waals surface area contributed by atoms with Crippen LogP contribution in [0.25, 0.3) is 0 Å². The number of nitrogens with zero attached hydrogens (tertiary/aromatic N) is 2. The molecule has 0 saturated carbocycles. The molecule has 6 nitrogen and oxygen atoms in total. The summed E-state index contributed by atoms with van der Waals surface area (Å²) >= 11 is 0. The first-order valence-corrected chi connectivity index (χ1v) is 9.89. The molecule has 30 heavy (non-hydrogen) atoms. The van der Waals surface area contributed by atoms with Crippen LogP contribution in [0.2, 0.25) is 0 Å². The average Bonchev–Trinajstić information content (AvgIpc) is 2.72. The van der Waals surface area contributed by atoms with Crippen LogP contribution in [-0.4, -0.2) is 41.4 Å². The van der Waals surface area contributed by atoms with Crippen molar-refractivity contribution < 1.29 is 18.6 Å². The van der Waals surface area contributed by atoms with Gasteiger partial charge in [-0.2, -0.15) is 0 Å². The molecule has 0 spiro atoms. The molecule has 0 saturated heterocycles. The largest absolute Gasteiger partial charge is 0.506 e. The Labute approximate surface area is 176 Å². The van der Waals surface area contributed by atoms with Crippen molar-refractivity contribution in [2.24, 2.45) is 10.9 Å². The number of likely N-dealkylation sites (N-methyl/N-ethyl adjacent to an activating group) is 1. The molecule has 0 bridgehead atoms. The Morgan fingerprint density at radius 1 is 1.47 bits per heavy atom. The molecule has 0 radical (unpaired) electrons. The fraction of sp³-hybridized carbons (Fsp3) is 0.455. The maximum absolute atomic E-state index is 14.0. The van der Waals surface area contributed by atoms with Gasteiger partial charge in [0.15, 0.2) is 6.61 Å². The number of hydrogen-bond acceptors (Lipinski definition) is 6. The highest BCUT2D eigenvalue weighted by Gasteiger charge is 2.36. The fourth-order valence-electron chi connectivity index (χ4n) is 2.93. The molecule has 164 valence electrons. The second-order valence-electron chi connectivity index (χ2n) is 7.34. The number of aromatic nitrogens is 1.